The lowest BCUT2D eigenvalue weighted by molar-refractivity contribution is 0.124. The van der Waals surface area contributed by atoms with Gasteiger partial charge in [-0.2, -0.15) is 0 Å². The van der Waals surface area contributed by atoms with Gasteiger partial charge in [0.25, 0.3) is 0 Å². The van der Waals surface area contributed by atoms with Gasteiger partial charge >= 0.3 is 0 Å². The third-order valence-electron chi connectivity index (χ3n) is 4.16. The molecule has 3 heteroatoms. The average molecular weight is 341 g/mol. The summed E-state index contributed by atoms with van der Waals surface area (Å²) in [5, 5.41) is 0.799. The van der Waals surface area contributed by atoms with Gasteiger partial charge in [0, 0.05) is 10.9 Å². The minimum atomic E-state index is 0.345. The largest absolute Gasteiger partial charge is 0.490 e. The molecule has 0 bridgehead atoms. The Balaban J connectivity index is 2.07. The monoisotopic (exact) mass is 340 g/mol. The normalized spacial score (nSPS) is 22.6. The molecule has 0 N–H and O–H groups in total. The number of hydrogen-bond donors (Lipinski definition) is 0. The molecule has 0 aliphatic heterocycles. The number of alkyl halides is 1. The maximum atomic E-state index is 6.30. The molecule has 112 valence electrons. The molecule has 20 heavy (non-hydrogen) atoms. The Morgan fingerprint density at radius 2 is 1.90 bits per heavy atom. The molecule has 1 aliphatic carbocycles. The minimum Gasteiger partial charge on any atom is -0.490 e. The van der Waals surface area contributed by atoms with Crippen LogP contribution < -0.4 is 9.47 Å². The van der Waals surface area contributed by atoms with Crippen molar-refractivity contribution in [1.82, 2.24) is 0 Å². The SMILES string of the molecule is CCOc1cccc(CBr)c1OC1CCC(CC)CC1. The number of ether oxygens (including phenoxy) is 2. The fraction of sp³-hybridized carbons (Fsp3) is 0.647. The van der Waals surface area contributed by atoms with E-state index in [0.717, 1.165) is 22.7 Å². The molecule has 2 rings (SSSR count). The first-order chi connectivity index (χ1) is 9.78. The van der Waals surface area contributed by atoms with Crippen LogP contribution in [0.4, 0.5) is 0 Å². The molecule has 0 saturated heterocycles. The van der Waals surface area contributed by atoms with E-state index in [-0.39, 0.29) is 0 Å². The standard InChI is InChI=1S/C17H25BrO2/c1-3-13-8-10-15(11-9-13)20-17-14(12-18)6-5-7-16(17)19-4-2/h5-7,13,15H,3-4,8-12H2,1-2H3. The van der Waals surface area contributed by atoms with E-state index in [1.807, 2.05) is 19.1 Å². The third kappa shape index (κ3) is 3.91. The van der Waals surface area contributed by atoms with Crippen LogP contribution in [0.3, 0.4) is 0 Å². The van der Waals surface area contributed by atoms with Crippen LogP contribution >= 0.6 is 15.9 Å². The molecule has 1 fully saturated rings. The van der Waals surface area contributed by atoms with Gasteiger partial charge in [0.2, 0.25) is 0 Å². The van der Waals surface area contributed by atoms with Gasteiger partial charge in [-0.3, -0.25) is 0 Å². The van der Waals surface area contributed by atoms with Crippen molar-refractivity contribution in [1.29, 1.82) is 0 Å². The van der Waals surface area contributed by atoms with Crippen LogP contribution in [-0.2, 0) is 5.33 Å². The van der Waals surface area contributed by atoms with Crippen molar-refractivity contribution in [3.05, 3.63) is 23.8 Å². The summed E-state index contributed by atoms with van der Waals surface area (Å²) in [6.07, 6.45) is 6.57. The number of rotatable bonds is 6. The third-order valence-corrected chi connectivity index (χ3v) is 4.76. The summed E-state index contributed by atoms with van der Waals surface area (Å²) in [5.74, 6) is 2.71. The highest BCUT2D eigenvalue weighted by Gasteiger charge is 2.23. The number of para-hydroxylation sites is 1. The van der Waals surface area contributed by atoms with Crippen molar-refractivity contribution < 1.29 is 9.47 Å². The molecule has 0 amide bonds. The lowest BCUT2D eigenvalue weighted by Gasteiger charge is -2.29. The predicted molar refractivity (Wildman–Crippen MR) is 86.9 cm³/mol. The first kappa shape index (κ1) is 15.7. The molecule has 0 radical (unpaired) electrons. The fourth-order valence-electron chi connectivity index (χ4n) is 2.89. The highest BCUT2D eigenvalue weighted by Crippen LogP contribution is 2.36. The zero-order chi connectivity index (χ0) is 14.4. The number of halogens is 1. The second kappa shape index (κ2) is 7.92. The molecule has 0 atom stereocenters. The summed E-state index contributed by atoms with van der Waals surface area (Å²) in [6, 6.07) is 6.13. The first-order valence-corrected chi connectivity index (χ1v) is 8.87. The second-order valence-electron chi connectivity index (χ2n) is 5.48. The van der Waals surface area contributed by atoms with Crippen LogP contribution in [0.15, 0.2) is 18.2 Å². The summed E-state index contributed by atoms with van der Waals surface area (Å²) >= 11 is 3.54. The lowest BCUT2D eigenvalue weighted by Crippen LogP contribution is -2.24. The van der Waals surface area contributed by atoms with E-state index in [0.29, 0.717) is 12.7 Å². The average Bonchev–Trinajstić information content (AvgIpc) is 2.50. The highest BCUT2D eigenvalue weighted by molar-refractivity contribution is 9.08. The maximum absolute atomic E-state index is 6.30. The van der Waals surface area contributed by atoms with Crippen molar-refractivity contribution in [2.45, 2.75) is 57.4 Å². The Labute approximate surface area is 131 Å². The van der Waals surface area contributed by atoms with E-state index in [9.17, 15) is 0 Å². The molecule has 1 aromatic carbocycles. The molecule has 0 aromatic heterocycles. The molecule has 1 aromatic rings. The molecule has 0 unspecified atom stereocenters. The van der Waals surface area contributed by atoms with E-state index in [4.69, 9.17) is 9.47 Å². The topological polar surface area (TPSA) is 18.5 Å². The van der Waals surface area contributed by atoms with Crippen molar-refractivity contribution in [3.8, 4) is 11.5 Å². The van der Waals surface area contributed by atoms with Gasteiger partial charge in [0.15, 0.2) is 11.5 Å². The van der Waals surface area contributed by atoms with Crippen molar-refractivity contribution in [2.24, 2.45) is 5.92 Å². The maximum Gasteiger partial charge on any atom is 0.165 e. The molecule has 1 saturated carbocycles. The Hall–Kier alpha value is -0.700. The van der Waals surface area contributed by atoms with E-state index in [1.54, 1.807) is 0 Å². The van der Waals surface area contributed by atoms with Crippen LogP contribution in [0.5, 0.6) is 11.5 Å². The summed E-state index contributed by atoms with van der Waals surface area (Å²) in [5.41, 5.74) is 1.17. The zero-order valence-electron chi connectivity index (χ0n) is 12.5. The first-order valence-electron chi connectivity index (χ1n) is 7.75. The van der Waals surface area contributed by atoms with Gasteiger partial charge in [-0.1, -0.05) is 41.4 Å². The van der Waals surface area contributed by atoms with Crippen molar-refractivity contribution in [3.63, 3.8) is 0 Å². The van der Waals surface area contributed by atoms with E-state index >= 15 is 0 Å². The Morgan fingerprint density at radius 3 is 2.50 bits per heavy atom. The van der Waals surface area contributed by atoms with E-state index in [1.165, 1.54) is 37.7 Å². The van der Waals surface area contributed by atoms with Gasteiger partial charge in [-0.25, -0.2) is 0 Å². The van der Waals surface area contributed by atoms with Crippen LogP contribution in [0.2, 0.25) is 0 Å². The van der Waals surface area contributed by atoms with Crippen LogP contribution in [-0.4, -0.2) is 12.7 Å². The Kier molecular flexibility index (Phi) is 6.21. The zero-order valence-corrected chi connectivity index (χ0v) is 14.1. The van der Waals surface area contributed by atoms with E-state index in [2.05, 4.69) is 28.9 Å². The molecular weight excluding hydrogens is 316 g/mol. The summed E-state index contributed by atoms with van der Waals surface area (Å²) < 4.78 is 12.0. The van der Waals surface area contributed by atoms with Crippen LogP contribution in [0, 0.1) is 5.92 Å². The quantitative estimate of drug-likeness (QED) is 0.651. The summed E-state index contributed by atoms with van der Waals surface area (Å²) in [6.45, 7) is 4.97. The summed E-state index contributed by atoms with van der Waals surface area (Å²) in [4.78, 5) is 0. The predicted octanol–water partition coefficient (Wildman–Crippen LogP) is 5.33. The van der Waals surface area contributed by atoms with Crippen molar-refractivity contribution in [2.75, 3.05) is 6.61 Å². The Morgan fingerprint density at radius 1 is 1.15 bits per heavy atom. The number of hydrogen-bond acceptors (Lipinski definition) is 2. The van der Waals surface area contributed by atoms with Gasteiger partial charge < -0.3 is 9.47 Å². The highest BCUT2D eigenvalue weighted by atomic mass is 79.9. The summed E-state index contributed by atoms with van der Waals surface area (Å²) in [7, 11) is 0. The van der Waals surface area contributed by atoms with E-state index < -0.39 is 0 Å². The van der Waals surface area contributed by atoms with Gasteiger partial charge in [0.1, 0.15) is 0 Å². The smallest absolute Gasteiger partial charge is 0.165 e. The molecule has 0 heterocycles. The van der Waals surface area contributed by atoms with Crippen molar-refractivity contribution >= 4 is 15.9 Å². The molecule has 1 aliphatic rings. The molecule has 0 spiro atoms. The molecular formula is C17H25BrO2. The van der Waals surface area contributed by atoms with Gasteiger partial charge in [-0.05, 0) is 44.6 Å². The van der Waals surface area contributed by atoms with Gasteiger partial charge in [0.05, 0.1) is 12.7 Å². The molecule has 2 nitrogen and oxygen atoms in total. The minimum absolute atomic E-state index is 0.345. The lowest BCUT2D eigenvalue weighted by atomic mass is 9.86. The Bertz CT molecular complexity index is 411. The second-order valence-corrected chi connectivity index (χ2v) is 6.04. The van der Waals surface area contributed by atoms with Crippen LogP contribution in [0.25, 0.3) is 0 Å². The number of benzene rings is 1. The van der Waals surface area contributed by atoms with Crippen LogP contribution in [0.1, 0.15) is 51.5 Å². The fourth-order valence-corrected chi connectivity index (χ4v) is 3.34. The van der Waals surface area contributed by atoms with Gasteiger partial charge in [-0.15, -0.1) is 0 Å².